The van der Waals surface area contributed by atoms with Gasteiger partial charge in [0, 0.05) is 13.1 Å². The van der Waals surface area contributed by atoms with E-state index in [-0.39, 0.29) is 16.4 Å². The van der Waals surface area contributed by atoms with Gasteiger partial charge in [0.1, 0.15) is 5.82 Å². The SMILES string of the molecule is CN(C(=O)CNS(=O)(=O)c1ccc(F)cc1)C1CCS(=O)(=O)C1. The van der Waals surface area contributed by atoms with Crippen LogP contribution in [0.2, 0.25) is 0 Å². The van der Waals surface area contributed by atoms with Crippen LogP contribution in [0.1, 0.15) is 6.42 Å². The number of amides is 1. The Morgan fingerprint density at radius 2 is 1.96 bits per heavy atom. The lowest BCUT2D eigenvalue weighted by Crippen LogP contribution is -2.43. The highest BCUT2D eigenvalue weighted by Gasteiger charge is 2.32. The fourth-order valence-electron chi connectivity index (χ4n) is 2.26. The number of rotatable bonds is 5. The van der Waals surface area contributed by atoms with Gasteiger partial charge in [-0.2, -0.15) is 0 Å². The number of benzene rings is 1. The van der Waals surface area contributed by atoms with E-state index in [4.69, 9.17) is 0 Å². The van der Waals surface area contributed by atoms with Crippen LogP contribution in [0.15, 0.2) is 29.2 Å². The maximum absolute atomic E-state index is 12.8. The molecule has 0 aliphatic carbocycles. The second-order valence-electron chi connectivity index (χ2n) is 5.34. The zero-order chi connectivity index (χ0) is 17.3. The largest absolute Gasteiger partial charge is 0.341 e. The van der Waals surface area contributed by atoms with Crippen molar-refractivity contribution < 1.29 is 26.0 Å². The lowest BCUT2D eigenvalue weighted by molar-refractivity contribution is -0.130. The van der Waals surface area contributed by atoms with Gasteiger partial charge in [-0.3, -0.25) is 4.79 Å². The van der Waals surface area contributed by atoms with Crippen molar-refractivity contribution in [3.8, 4) is 0 Å². The summed E-state index contributed by atoms with van der Waals surface area (Å²) in [6.07, 6.45) is 0.343. The Kier molecular flexibility index (Phi) is 5.07. The van der Waals surface area contributed by atoms with Gasteiger partial charge in [0.15, 0.2) is 9.84 Å². The first kappa shape index (κ1) is 17.8. The summed E-state index contributed by atoms with van der Waals surface area (Å²) < 4.78 is 61.8. The second kappa shape index (κ2) is 6.54. The summed E-state index contributed by atoms with van der Waals surface area (Å²) in [5, 5.41) is 0. The van der Waals surface area contributed by atoms with Gasteiger partial charge in [-0.05, 0) is 30.7 Å². The number of nitrogens with zero attached hydrogens (tertiary/aromatic N) is 1. The van der Waals surface area contributed by atoms with Crippen LogP contribution in [-0.2, 0) is 24.7 Å². The Labute approximate surface area is 134 Å². The van der Waals surface area contributed by atoms with Gasteiger partial charge in [-0.25, -0.2) is 25.9 Å². The van der Waals surface area contributed by atoms with Crippen molar-refractivity contribution in [3.63, 3.8) is 0 Å². The standard InChI is InChI=1S/C13H17FN2O5S2/c1-16(11-6-7-22(18,19)9-11)13(17)8-15-23(20,21)12-4-2-10(14)3-5-12/h2-5,11,15H,6-9H2,1H3. The van der Waals surface area contributed by atoms with E-state index in [1.165, 1.54) is 11.9 Å². The maximum atomic E-state index is 12.8. The van der Waals surface area contributed by atoms with Gasteiger partial charge >= 0.3 is 0 Å². The van der Waals surface area contributed by atoms with Crippen LogP contribution in [0.3, 0.4) is 0 Å². The van der Waals surface area contributed by atoms with Crippen molar-refractivity contribution in [2.24, 2.45) is 0 Å². The minimum absolute atomic E-state index is 0.0244. The highest BCUT2D eigenvalue weighted by atomic mass is 32.2. The van der Waals surface area contributed by atoms with E-state index in [2.05, 4.69) is 4.72 Å². The second-order valence-corrected chi connectivity index (χ2v) is 9.34. The molecule has 1 atom stereocenters. The molecular formula is C13H17FN2O5S2. The quantitative estimate of drug-likeness (QED) is 0.776. The molecule has 0 spiro atoms. The lowest BCUT2D eigenvalue weighted by Gasteiger charge is -2.23. The van der Waals surface area contributed by atoms with Crippen molar-refractivity contribution in [3.05, 3.63) is 30.1 Å². The number of hydrogen-bond donors (Lipinski definition) is 1. The third kappa shape index (κ3) is 4.49. The van der Waals surface area contributed by atoms with Crippen molar-refractivity contribution in [2.75, 3.05) is 25.1 Å². The summed E-state index contributed by atoms with van der Waals surface area (Å²) in [6.45, 7) is -0.493. The summed E-state index contributed by atoms with van der Waals surface area (Å²) in [7, 11) is -5.62. The number of nitrogens with one attached hydrogen (secondary N) is 1. The Hall–Kier alpha value is -1.52. The first-order valence-corrected chi connectivity index (χ1v) is 10.1. The molecule has 23 heavy (non-hydrogen) atoms. The molecule has 1 saturated heterocycles. The highest BCUT2D eigenvalue weighted by molar-refractivity contribution is 7.91. The predicted octanol–water partition coefficient (Wildman–Crippen LogP) is -0.250. The van der Waals surface area contributed by atoms with Gasteiger partial charge in [-0.15, -0.1) is 0 Å². The van der Waals surface area contributed by atoms with Crippen LogP contribution in [0.25, 0.3) is 0 Å². The van der Waals surface area contributed by atoms with Crippen molar-refractivity contribution in [2.45, 2.75) is 17.4 Å². The highest BCUT2D eigenvalue weighted by Crippen LogP contribution is 2.16. The molecule has 2 rings (SSSR count). The maximum Gasteiger partial charge on any atom is 0.241 e. The molecule has 1 amide bonds. The molecule has 1 aromatic rings. The minimum atomic E-state index is -3.93. The zero-order valence-electron chi connectivity index (χ0n) is 12.4. The van der Waals surface area contributed by atoms with Gasteiger partial charge in [0.2, 0.25) is 15.9 Å². The van der Waals surface area contributed by atoms with Gasteiger partial charge < -0.3 is 4.90 Å². The number of sulfone groups is 1. The van der Waals surface area contributed by atoms with Crippen molar-refractivity contribution in [1.29, 1.82) is 0 Å². The normalized spacial score (nSPS) is 20.3. The summed E-state index contributed by atoms with van der Waals surface area (Å²) in [5.74, 6) is -1.18. The number of likely N-dealkylation sites (N-methyl/N-ethyl adjacent to an activating group) is 1. The number of carbonyl (C=O) groups is 1. The molecule has 1 aromatic carbocycles. The van der Waals surface area contributed by atoms with Crippen molar-refractivity contribution in [1.82, 2.24) is 9.62 Å². The van der Waals surface area contributed by atoms with E-state index >= 15 is 0 Å². The summed E-state index contributed by atoms with van der Waals surface area (Å²) in [5.41, 5.74) is 0. The fourth-order valence-corrected chi connectivity index (χ4v) is 5.01. The van der Waals surface area contributed by atoms with E-state index in [0.29, 0.717) is 6.42 Å². The summed E-state index contributed by atoms with van der Waals surface area (Å²) in [4.78, 5) is 13.1. The predicted molar refractivity (Wildman–Crippen MR) is 81.4 cm³/mol. The average Bonchev–Trinajstić information content (AvgIpc) is 2.84. The first-order valence-electron chi connectivity index (χ1n) is 6.82. The molecule has 1 unspecified atom stereocenters. The molecule has 0 aromatic heterocycles. The lowest BCUT2D eigenvalue weighted by atomic mass is 10.2. The Morgan fingerprint density at radius 1 is 1.35 bits per heavy atom. The van der Waals surface area contributed by atoms with Crippen LogP contribution < -0.4 is 4.72 Å². The number of carbonyl (C=O) groups excluding carboxylic acids is 1. The van der Waals surface area contributed by atoms with Crippen LogP contribution >= 0.6 is 0 Å². The zero-order valence-corrected chi connectivity index (χ0v) is 14.0. The van der Waals surface area contributed by atoms with Crippen LogP contribution in [0, 0.1) is 5.82 Å². The first-order chi connectivity index (χ1) is 10.6. The molecular weight excluding hydrogens is 347 g/mol. The van der Waals surface area contributed by atoms with E-state index in [0.717, 1.165) is 24.3 Å². The molecule has 1 heterocycles. The minimum Gasteiger partial charge on any atom is -0.341 e. The Balaban J connectivity index is 1.97. The van der Waals surface area contributed by atoms with E-state index in [9.17, 15) is 26.0 Å². The molecule has 128 valence electrons. The molecule has 1 aliphatic heterocycles. The van der Waals surface area contributed by atoms with Gasteiger partial charge in [0.05, 0.1) is 22.9 Å². The van der Waals surface area contributed by atoms with E-state index in [1.807, 2.05) is 0 Å². The van der Waals surface area contributed by atoms with E-state index in [1.54, 1.807) is 0 Å². The van der Waals surface area contributed by atoms with Crippen LogP contribution in [0.5, 0.6) is 0 Å². The smallest absolute Gasteiger partial charge is 0.241 e. The number of sulfonamides is 1. The Bertz CT molecular complexity index is 790. The molecule has 0 radical (unpaired) electrons. The van der Waals surface area contributed by atoms with E-state index < -0.39 is 44.2 Å². The number of hydrogen-bond acceptors (Lipinski definition) is 5. The van der Waals surface area contributed by atoms with Crippen LogP contribution in [0.4, 0.5) is 4.39 Å². The van der Waals surface area contributed by atoms with Gasteiger partial charge in [0.25, 0.3) is 0 Å². The molecule has 1 N–H and O–H groups in total. The third-order valence-electron chi connectivity index (χ3n) is 3.69. The third-order valence-corrected chi connectivity index (χ3v) is 6.85. The topological polar surface area (TPSA) is 101 Å². The molecule has 0 bridgehead atoms. The molecule has 0 saturated carbocycles. The average molecular weight is 364 g/mol. The molecule has 1 fully saturated rings. The molecule has 10 heteroatoms. The molecule has 7 nitrogen and oxygen atoms in total. The number of halogens is 1. The fraction of sp³-hybridized carbons (Fsp3) is 0.462. The van der Waals surface area contributed by atoms with Crippen LogP contribution in [-0.4, -0.2) is 58.8 Å². The monoisotopic (exact) mass is 364 g/mol. The Morgan fingerprint density at radius 3 is 2.48 bits per heavy atom. The molecule has 1 aliphatic rings. The van der Waals surface area contributed by atoms with Crippen molar-refractivity contribution >= 4 is 25.8 Å². The summed E-state index contributed by atoms with van der Waals surface area (Å²) >= 11 is 0. The summed E-state index contributed by atoms with van der Waals surface area (Å²) in [6, 6.07) is 3.76. The van der Waals surface area contributed by atoms with Gasteiger partial charge in [-0.1, -0.05) is 0 Å².